The third-order valence-electron chi connectivity index (χ3n) is 4.63. The Morgan fingerprint density at radius 2 is 1.91 bits per heavy atom. The highest BCUT2D eigenvalue weighted by molar-refractivity contribution is 5.86. The summed E-state index contributed by atoms with van der Waals surface area (Å²) in [6.07, 6.45) is 0. The topological polar surface area (TPSA) is 27.8 Å². The molecule has 3 heteroatoms. The van der Waals surface area contributed by atoms with Gasteiger partial charge in [-0.2, -0.15) is 0 Å². The van der Waals surface area contributed by atoms with Crippen LogP contribution < -0.4 is 5.32 Å². The quantitative estimate of drug-likeness (QED) is 0.689. The maximum absolute atomic E-state index is 13.6. The van der Waals surface area contributed by atoms with E-state index in [1.165, 1.54) is 17.0 Å². The van der Waals surface area contributed by atoms with Gasteiger partial charge in [-0.3, -0.25) is 0 Å². The van der Waals surface area contributed by atoms with Crippen LogP contribution in [-0.4, -0.2) is 11.5 Å². The number of para-hydroxylation sites is 1. The Balaban J connectivity index is 1.96. The van der Waals surface area contributed by atoms with Crippen molar-refractivity contribution < 1.29 is 4.39 Å². The number of fused-ring (bicyclic) bond motifs is 3. The summed E-state index contributed by atoms with van der Waals surface area (Å²) in [5, 5.41) is 4.84. The van der Waals surface area contributed by atoms with Gasteiger partial charge in [0.2, 0.25) is 0 Å². The molecule has 1 atom stereocenters. The second-order valence-electron chi connectivity index (χ2n) is 6.71. The van der Waals surface area contributed by atoms with Gasteiger partial charge in [0.05, 0.1) is 6.04 Å². The Morgan fingerprint density at radius 1 is 1.09 bits per heavy atom. The lowest BCUT2D eigenvalue weighted by molar-refractivity contribution is 0.405. The van der Waals surface area contributed by atoms with Crippen molar-refractivity contribution in [2.75, 3.05) is 6.54 Å². The number of rotatable bonds is 1. The molecule has 112 valence electrons. The first kappa shape index (κ1) is 13.5. The van der Waals surface area contributed by atoms with Crippen molar-refractivity contribution in [2.24, 2.45) is 0 Å². The first-order valence-electron chi connectivity index (χ1n) is 7.66. The maximum Gasteiger partial charge on any atom is 0.123 e. The van der Waals surface area contributed by atoms with E-state index in [-0.39, 0.29) is 17.3 Å². The molecule has 22 heavy (non-hydrogen) atoms. The van der Waals surface area contributed by atoms with Gasteiger partial charge in [-0.1, -0.05) is 44.2 Å². The van der Waals surface area contributed by atoms with Gasteiger partial charge in [-0.15, -0.1) is 0 Å². The molecule has 0 aliphatic carbocycles. The standard InChI is InChI=1S/C19H19FN2/c1-19(2)11-21-17(12-6-5-7-13(20)10-12)18-16(19)14-8-3-4-9-15(14)22-18/h3-10,17,21-22H,11H2,1-2H3. The summed E-state index contributed by atoms with van der Waals surface area (Å²) >= 11 is 0. The third kappa shape index (κ3) is 1.97. The molecule has 4 rings (SSSR count). The van der Waals surface area contributed by atoms with E-state index in [1.54, 1.807) is 12.1 Å². The second-order valence-corrected chi connectivity index (χ2v) is 6.71. The summed E-state index contributed by atoms with van der Waals surface area (Å²) in [6, 6.07) is 15.3. The van der Waals surface area contributed by atoms with Gasteiger partial charge in [0.25, 0.3) is 0 Å². The minimum Gasteiger partial charge on any atom is -0.357 e. The molecule has 0 spiro atoms. The zero-order chi connectivity index (χ0) is 15.3. The SMILES string of the molecule is CC1(C)CNC(c2cccc(F)c2)c2[nH]c3ccccc3c21. The predicted molar refractivity (Wildman–Crippen MR) is 87.6 cm³/mol. The van der Waals surface area contributed by atoms with Crippen LogP contribution in [-0.2, 0) is 5.41 Å². The molecule has 2 heterocycles. The number of hydrogen-bond acceptors (Lipinski definition) is 1. The van der Waals surface area contributed by atoms with Crippen LogP contribution in [0.25, 0.3) is 10.9 Å². The third-order valence-corrected chi connectivity index (χ3v) is 4.63. The molecule has 1 aromatic heterocycles. The zero-order valence-electron chi connectivity index (χ0n) is 12.8. The number of aromatic amines is 1. The fraction of sp³-hybridized carbons (Fsp3) is 0.263. The van der Waals surface area contributed by atoms with E-state index in [0.29, 0.717) is 0 Å². The number of halogens is 1. The zero-order valence-corrected chi connectivity index (χ0v) is 12.8. The minimum atomic E-state index is -0.193. The average molecular weight is 294 g/mol. The van der Waals surface area contributed by atoms with Crippen molar-refractivity contribution in [3.63, 3.8) is 0 Å². The summed E-state index contributed by atoms with van der Waals surface area (Å²) in [4.78, 5) is 3.55. The molecule has 0 radical (unpaired) electrons. The fourth-order valence-corrected chi connectivity index (χ4v) is 3.63. The van der Waals surface area contributed by atoms with Gasteiger partial charge in [0.15, 0.2) is 0 Å². The highest BCUT2D eigenvalue weighted by atomic mass is 19.1. The highest BCUT2D eigenvalue weighted by Crippen LogP contribution is 2.41. The largest absolute Gasteiger partial charge is 0.357 e. The second kappa shape index (κ2) is 4.68. The van der Waals surface area contributed by atoms with Crippen LogP contribution in [0.15, 0.2) is 48.5 Å². The Morgan fingerprint density at radius 3 is 2.73 bits per heavy atom. The molecule has 0 saturated heterocycles. The number of nitrogens with one attached hydrogen (secondary N) is 2. The summed E-state index contributed by atoms with van der Waals surface area (Å²) in [5.74, 6) is -0.193. The van der Waals surface area contributed by atoms with E-state index in [0.717, 1.165) is 23.3 Å². The van der Waals surface area contributed by atoms with E-state index >= 15 is 0 Å². The Kier molecular flexibility index (Phi) is 2.88. The van der Waals surface area contributed by atoms with Gasteiger partial charge in [0.1, 0.15) is 5.82 Å². The van der Waals surface area contributed by atoms with Crippen molar-refractivity contribution >= 4 is 10.9 Å². The van der Waals surface area contributed by atoms with Gasteiger partial charge in [0, 0.05) is 28.6 Å². The first-order chi connectivity index (χ1) is 10.6. The lowest BCUT2D eigenvalue weighted by Gasteiger charge is -2.36. The first-order valence-corrected chi connectivity index (χ1v) is 7.66. The number of aromatic nitrogens is 1. The van der Waals surface area contributed by atoms with E-state index in [4.69, 9.17) is 0 Å². The number of benzene rings is 2. The summed E-state index contributed by atoms with van der Waals surface area (Å²) in [7, 11) is 0. The predicted octanol–water partition coefficient (Wildman–Crippen LogP) is 4.28. The Bertz CT molecular complexity index is 848. The molecule has 1 aliphatic rings. The lowest BCUT2D eigenvalue weighted by atomic mass is 9.77. The van der Waals surface area contributed by atoms with Gasteiger partial charge in [-0.05, 0) is 29.3 Å². The van der Waals surface area contributed by atoms with Crippen LogP contribution in [0.4, 0.5) is 4.39 Å². The van der Waals surface area contributed by atoms with E-state index in [9.17, 15) is 4.39 Å². The van der Waals surface area contributed by atoms with Crippen molar-refractivity contribution in [1.82, 2.24) is 10.3 Å². The molecule has 2 nitrogen and oxygen atoms in total. The summed E-state index contributed by atoms with van der Waals surface area (Å²) in [5.41, 5.74) is 4.65. The van der Waals surface area contributed by atoms with Crippen LogP contribution in [0.1, 0.15) is 36.7 Å². The molecule has 0 amide bonds. The van der Waals surface area contributed by atoms with Crippen LogP contribution in [0, 0.1) is 5.82 Å². The normalized spacial score (nSPS) is 20.0. The van der Waals surface area contributed by atoms with Crippen molar-refractivity contribution in [3.8, 4) is 0 Å². The molecule has 1 aliphatic heterocycles. The highest BCUT2D eigenvalue weighted by Gasteiger charge is 2.36. The number of H-pyrrole nitrogens is 1. The Labute approximate surface area is 129 Å². The van der Waals surface area contributed by atoms with Crippen molar-refractivity contribution in [2.45, 2.75) is 25.3 Å². The summed E-state index contributed by atoms with van der Waals surface area (Å²) in [6.45, 7) is 5.37. The molecule has 2 N–H and O–H groups in total. The molecular formula is C19H19FN2. The van der Waals surface area contributed by atoms with E-state index in [1.807, 2.05) is 12.1 Å². The van der Waals surface area contributed by atoms with Crippen molar-refractivity contribution in [3.05, 3.63) is 71.2 Å². The number of hydrogen-bond donors (Lipinski definition) is 2. The fourth-order valence-electron chi connectivity index (χ4n) is 3.63. The van der Waals surface area contributed by atoms with Gasteiger partial charge < -0.3 is 10.3 Å². The molecule has 0 saturated carbocycles. The van der Waals surface area contributed by atoms with Gasteiger partial charge in [-0.25, -0.2) is 4.39 Å². The lowest BCUT2D eigenvalue weighted by Crippen LogP contribution is -2.41. The van der Waals surface area contributed by atoms with Crippen molar-refractivity contribution in [1.29, 1.82) is 0 Å². The molecule has 3 aromatic rings. The van der Waals surface area contributed by atoms with E-state index < -0.39 is 0 Å². The summed E-state index contributed by atoms with van der Waals surface area (Å²) < 4.78 is 13.6. The molecule has 0 bridgehead atoms. The molecule has 2 aromatic carbocycles. The monoisotopic (exact) mass is 294 g/mol. The van der Waals surface area contributed by atoms with Crippen LogP contribution in [0.3, 0.4) is 0 Å². The average Bonchev–Trinajstić information content (AvgIpc) is 2.87. The minimum absolute atomic E-state index is 0.00567. The van der Waals surface area contributed by atoms with Crippen LogP contribution in [0.5, 0.6) is 0 Å². The Hall–Kier alpha value is -2.13. The molecule has 0 fully saturated rings. The van der Waals surface area contributed by atoms with Crippen LogP contribution in [0.2, 0.25) is 0 Å². The maximum atomic E-state index is 13.6. The van der Waals surface area contributed by atoms with E-state index in [2.05, 4.69) is 42.3 Å². The smallest absolute Gasteiger partial charge is 0.123 e. The molecule has 1 unspecified atom stereocenters. The van der Waals surface area contributed by atoms with Crippen LogP contribution >= 0.6 is 0 Å². The molecular weight excluding hydrogens is 275 g/mol. The van der Waals surface area contributed by atoms with Gasteiger partial charge >= 0.3 is 0 Å².